The SMILES string of the molecule is CC(C)OC(=O)N1CCC(C(C)Oc2nc3ccc(-c4ccc(S(C)(=O)=O)cc4)nc3s2)CC1.CC(C)OC(=O)N1CCC(C(C)Oc2nc3ccc(Br)nc3s2)CC1.CS(=O)(=O)c1ccc(B(O)O)cc1. The van der Waals surface area contributed by atoms with Gasteiger partial charge in [-0.1, -0.05) is 46.9 Å². The number of pyridine rings is 2. The number of halogens is 1. The molecule has 2 N–H and O–H groups in total. The number of ether oxygens (including phenoxy) is 4. The summed E-state index contributed by atoms with van der Waals surface area (Å²) in [4.78, 5) is 47.8. The predicted octanol–water partition coefficient (Wildman–Crippen LogP) is 8.03. The van der Waals surface area contributed by atoms with Crippen molar-refractivity contribution in [3.05, 3.63) is 77.4 Å². The highest BCUT2D eigenvalue weighted by Crippen LogP contribution is 2.33. The van der Waals surface area contributed by atoms with Gasteiger partial charge in [0, 0.05) is 44.3 Å². The van der Waals surface area contributed by atoms with Crippen LogP contribution in [-0.2, 0) is 29.1 Å². The molecule has 24 heteroatoms. The molecular weight excluding hydrogens is 1070 g/mol. The Balaban J connectivity index is 0.000000195. The fourth-order valence-electron chi connectivity index (χ4n) is 7.76. The maximum atomic E-state index is 12.1. The first-order valence-electron chi connectivity index (χ1n) is 23.3. The maximum Gasteiger partial charge on any atom is 0.488 e. The van der Waals surface area contributed by atoms with Gasteiger partial charge in [0.25, 0.3) is 10.4 Å². The summed E-state index contributed by atoms with van der Waals surface area (Å²) in [6.45, 7) is 14.3. The molecule has 0 aliphatic carbocycles. The lowest BCUT2D eigenvalue weighted by Crippen LogP contribution is -2.42. The van der Waals surface area contributed by atoms with Crippen LogP contribution in [0.2, 0.25) is 0 Å². The van der Waals surface area contributed by atoms with Crippen molar-refractivity contribution in [2.75, 3.05) is 38.7 Å². The molecule has 388 valence electrons. The molecule has 0 radical (unpaired) electrons. The normalized spacial score (nSPS) is 15.6. The number of amides is 2. The summed E-state index contributed by atoms with van der Waals surface area (Å²) in [5.74, 6) is 0.724. The number of nitrogens with zero attached hydrogens (tertiary/aromatic N) is 6. The molecule has 8 rings (SSSR count). The van der Waals surface area contributed by atoms with Crippen LogP contribution in [0.15, 0.2) is 87.2 Å². The van der Waals surface area contributed by atoms with Crippen molar-refractivity contribution in [1.29, 1.82) is 0 Å². The van der Waals surface area contributed by atoms with Gasteiger partial charge in [0.15, 0.2) is 19.7 Å². The van der Waals surface area contributed by atoms with E-state index in [1.165, 1.54) is 53.2 Å². The lowest BCUT2D eigenvalue weighted by molar-refractivity contribution is 0.0491. The van der Waals surface area contributed by atoms with E-state index >= 15 is 0 Å². The quantitative estimate of drug-likeness (QED) is 0.0871. The molecule has 2 saturated heterocycles. The highest BCUT2D eigenvalue weighted by atomic mass is 79.9. The van der Waals surface area contributed by atoms with E-state index in [0.29, 0.717) is 48.4 Å². The summed E-state index contributed by atoms with van der Waals surface area (Å²) in [7, 11) is -8.01. The molecule has 0 spiro atoms. The van der Waals surface area contributed by atoms with Gasteiger partial charge in [0.2, 0.25) is 0 Å². The van der Waals surface area contributed by atoms with Crippen LogP contribution in [0.25, 0.3) is 32.0 Å². The number of sulfone groups is 2. The molecule has 2 fully saturated rings. The van der Waals surface area contributed by atoms with Gasteiger partial charge < -0.3 is 38.8 Å². The monoisotopic (exact) mass is 1130 g/mol. The molecule has 4 aromatic heterocycles. The van der Waals surface area contributed by atoms with Gasteiger partial charge in [0.05, 0.1) is 27.7 Å². The second kappa shape index (κ2) is 24.8. The molecule has 2 atom stereocenters. The third kappa shape index (κ3) is 16.0. The van der Waals surface area contributed by atoms with E-state index in [1.54, 1.807) is 34.1 Å². The minimum atomic E-state index is -3.24. The number of thiazole rings is 2. The maximum absolute atomic E-state index is 12.1. The number of benzene rings is 2. The van der Waals surface area contributed by atoms with E-state index < -0.39 is 26.8 Å². The summed E-state index contributed by atoms with van der Waals surface area (Å²) < 4.78 is 68.9. The molecule has 2 aliphatic heterocycles. The van der Waals surface area contributed by atoms with Crippen LogP contribution in [0.3, 0.4) is 0 Å². The smallest absolute Gasteiger partial charge is 0.467 e. The Morgan fingerprint density at radius 2 is 1.01 bits per heavy atom. The van der Waals surface area contributed by atoms with Crippen LogP contribution < -0.4 is 14.9 Å². The van der Waals surface area contributed by atoms with Crippen LogP contribution >= 0.6 is 38.6 Å². The molecule has 0 saturated carbocycles. The van der Waals surface area contributed by atoms with E-state index in [1.807, 2.05) is 58.9 Å². The van der Waals surface area contributed by atoms with Gasteiger partial charge in [-0.25, -0.2) is 46.4 Å². The van der Waals surface area contributed by atoms with Gasteiger partial charge in [-0.05, 0) is 149 Å². The van der Waals surface area contributed by atoms with Crippen LogP contribution in [0.1, 0.15) is 67.2 Å². The number of aromatic nitrogens is 4. The zero-order valence-corrected chi connectivity index (χ0v) is 46.1. The second-order valence-corrected chi connectivity index (χ2v) is 24.8. The second-order valence-electron chi connectivity index (χ2n) is 18.1. The number of hydrogen-bond acceptors (Lipinski definition) is 18. The highest BCUT2D eigenvalue weighted by molar-refractivity contribution is 9.10. The Morgan fingerprint density at radius 3 is 1.42 bits per heavy atom. The number of hydrogen-bond donors (Lipinski definition) is 2. The fraction of sp³-hybridized carbons (Fsp3) is 0.458. The molecule has 72 heavy (non-hydrogen) atoms. The van der Waals surface area contributed by atoms with E-state index in [9.17, 15) is 26.4 Å². The summed E-state index contributed by atoms with van der Waals surface area (Å²) in [6, 6.07) is 19.7. The van der Waals surface area contributed by atoms with Crippen molar-refractivity contribution in [3.8, 4) is 21.6 Å². The number of rotatable bonds is 12. The lowest BCUT2D eigenvalue weighted by atomic mass is 9.81. The van der Waals surface area contributed by atoms with Crippen molar-refractivity contribution in [2.45, 2.75) is 101 Å². The molecular formula is C48H60BBrN6O12S4. The van der Waals surface area contributed by atoms with Gasteiger partial charge >= 0.3 is 19.3 Å². The van der Waals surface area contributed by atoms with Crippen molar-refractivity contribution in [1.82, 2.24) is 29.7 Å². The van der Waals surface area contributed by atoms with Gasteiger partial charge in [-0.3, -0.25) is 0 Å². The molecule has 0 bridgehead atoms. The number of carbonyl (C=O) groups excluding carboxylic acids is 2. The first kappa shape index (κ1) is 56.3. The number of piperidine rings is 2. The molecule has 6 aromatic rings. The number of likely N-dealkylation sites (tertiary alicyclic amines) is 2. The van der Waals surface area contributed by atoms with E-state index in [4.69, 9.17) is 34.0 Å². The average molecular weight is 1130 g/mol. The van der Waals surface area contributed by atoms with Crippen molar-refractivity contribution in [2.24, 2.45) is 11.8 Å². The largest absolute Gasteiger partial charge is 0.488 e. The Bertz CT molecular complexity index is 3000. The Labute approximate surface area is 437 Å². The van der Waals surface area contributed by atoms with Crippen LogP contribution in [0.5, 0.6) is 10.4 Å². The van der Waals surface area contributed by atoms with Gasteiger partial charge in [-0.2, -0.15) is 0 Å². The Hall–Kier alpha value is -4.98. The van der Waals surface area contributed by atoms with Crippen molar-refractivity contribution in [3.63, 3.8) is 0 Å². The summed E-state index contributed by atoms with van der Waals surface area (Å²) >= 11 is 6.22. The van der Waals surface area contributed by atoms with E-state index in [-0.39, 0.29) is 51.9 Å². The third-order valence-electron chi connectivity index (χ3n) is 11.8. The summed E-state index contributed by atoms with van der Waals surface area (Å²) in [5, 5.41) is 18.7. The standard InChI is InChI=1S/C24H29N3O5S2.C17H22BrN3O3S.C7H9BO4S/c1-15(2)31-24(28)27-13-11-17(12-14-27)16(3)32-23-26-21-10-9-20(25-22(21)33-23)18-5-7-19(8-6-18)34(4,29)30;1-10(2)23-17(22)21-8-6-12(7-9-21)11(3)24-16-19-13-4-5-14(18)20-15(13)25-16;1-13(11,12)7-4-2-6(3-5-7)8(9)10/h5-10,15-17H,11-14H2,1-4H3;4-5,10-12H,6-9H2,1-3H3;2-5,9-10H,1H3. The Kier molecular flexibility index (Phi) is 19.4. The highest BCUT2D eigenvalue weighted by Gasteiger charge is 2.31. The summed E-state index contributed by atoms with van der Waals surface area (Å²) in [5.41, 5.74) is 3.46. The zero-order valence-electron chi connectivity index (χ0n) is 41.3. The predicted molar refractivity (Wildman–Crippen MR) is 282 cm³/mol. The molecule has 2 aliphatic rings. The van der Waals surface area contributed by atoms with Gasteiger partial charge in [-0.15, -0.1) is 0 Å². The fourth-order valence-corrected chi connectivity index (χ4v) is 11.2. The lowest BCUT2D eigenvalue weighted by Gasteiger charge is -2.34. The minimum Gasteiger partial charge on any atom is -0.467 e. The van der Waals surface area contributed by atoms with E-state index in [2.05, 4.69) is 37.8 Å². The average Bonchev–Trinajstić information content (AvgIpc) is 3.93. The zero-order chi connectivity index (χ0) is 52.5. The van der Waals surface area contributed by atoms with Crippen LogP contribution in [0, 0.1) is 11.8 Å². The molecule has 2 amide bonds. The molecule has 18 nitrogen and oxygen atoms in total. The molecule has 2 unspecified atom stereocenters. The van der Waals surface area contributed by atoms with Crippen molar-refractivity contribution >= 4 is 104 Å². The first-order valence-corrected chi connectivity index (χ1v) is 29.6. The topological polar surface area (TPSA) is 238 Å². The third-order valence-corrected chi connectivity index (χ3v) is 16.2. The Morgan fingerprint density at radius 1 is 0.611 bits per heavy atom. The first-order chi connectivity index (χ1) is 33.9. The van der Waals surface area contributed by atoms with E-state index in [0.717, 1.165) is 68.5 Å². The van der Waals surface area contributed by atoms with Crippen LogP contribution in [-0.4, -0.2) is 139 Å². The van der Waals surface area contributed by atoms with Crippen LogP contribution in [0.4, 0.5) is 9.59 Å². The van der Waals surface area contributed by atoms with Gasteiger partial charge in [0.1, 0.15) is 37.5 Å². The summed E-state index contributed by atoms with van der Waals surface area (Å²) in [6.07, 6.45) is 5.15. The minimum absolute atomic E-state index is 0.0353. The van der Waals surface area contributed by atoms with Crippen molar-refractivity contribution < 1.29 is 55.4 Å². The number of carbonyl (C=O) groups is 2. The molecule has 2 aromatic carbocycles. The molecule has 6 heterocycles. The number of fused-ring (bicyclic) bond motifs is 2.